The second kappa shape index (κ2) is 6.56. The van der Waals surface area contributed by atoms with E-state index in [2.05, 4.69) is 10.4 Å². The molecule has 0 amide bonds. The zero-order chi connectivity index (χ0) is 12.3. The fraction of sp³-hybridized carbons (Fsp3) is 0.500. The lowest BCUT2D eigenvalue weighted by Crippen LogP contribution is -3.00. The van der Waals surface area contributed by atoms with Crippen LogP contribution in [-0.4, -0.2) is 46.2 Å². The molecule has 1 heterocycles. The number of halogens is 1. The Morgan fingerprint density at radius 1 is 1.71 bits per heavy atom. The number of allylic oxidation sites excluding steroid dienone is 1. The number of nitrogens with two attached hydrogens (primary N) is 1. The van der Waals surface area contributed by atoms with Crippen molar-refractivity contribution in [2.45, 2.75) is 19.9 Å². The summed E-state index contributed by atoms with van der Waals surface area (Å²) in [6.45, 7) is 4.58. The molecule has 1 aliphatic rings. The van der Waals surface area contributed by atoms with Crippen molar-refractivity contribution in [3.63, 3.8) is 0 Å². The second-order valence-corrected chi connectivity index (χ2v) is 4.01. The summed E-state index contributed by atoms with van der Waals surface area (Å²) in [6.07, 6.45) is 1.62. The number of aliphatic hydroxyl groups is 1. The molecule has 1 rings (SSSR count). The molecule has 1 unspecified atom stereocenters. The summed E-state index contributed by atoms with van der Waals surface area (Å²) in [4.78, 5) is 0.473. The van der Waals surface area contributed by atoms with Crippen LogP contribution in [0.1, 0.15) is 13.8 Å². The molecular formula is C10H17ClN4OS. The third-order valence-corrected chi connectivity index (χ3v) is 2.90. The molecule has 96 valence electrons. The maximum absolute atomic E-state index is 9.87. The van der Waals surface area contributed by atoms with E-state index in [4.69, 9.17) is 18.1 Å². The van der Waals surface area contributed by atoms with Gasteiger partial charge in [-0.3, -0.25) is 0 Å². The van der Waals surface area contributed by atoms with Crippen LogP contribution in [0.5, 0.6) is 0 Å². The monoisotopic (exact) mass is 276 g/mol. The van der Waals surface area contributed by atoms with E-state index in [1.165, 1.54) is 0 Å². The molecule has 0 saturated carbocycles. The molecule has 0 aromatic heterocycles. The van der Waals surface area contributed by atoms with Gasteiger partial charge in [0.25, 0.3) is 0 Å². The van der Waals surface area contributed by atoms with Gasteiger partial charge in [0.1, 0.15) is 17.7 Å². The molecule has 0 radical (unpaired) electrons. The largest absolute Gasteiger partial charge is 1.00 e. The van der Waals surface area contributed by atoms with E-state index in [9.17, 15) is 5.11 Å². The third kappa shape index (κ3) is 3.17. The Morgan fingerprint density at radius 2 is 2.29 bits per heavy atom. The summed E-state index contributed by atoms with van der Waals surface area (Å²) in [5, 5.41) is 16.6. The molecule has 0 spiro atoms. The summed E-state index contributed by atoms with van der Waals surface area (Å²) in [7, 11) is 1.85. The molecule has 1 atom stereocenters. The van der Waals surface area contributed by atoms with Gasteiger partial charge in [0.2, 0.25) is 6.21 Å². The van der Waals surface area contributed by atoms with Crippen molar-refractivity contribution in [3.05, 3.63) is 11.3 Å². The SMILES string of the molecule is CCNC(=S)C1=C(O)C=[N+](C)C(C)C1=NN.[Cl-]. The Balaban J connectivity index is 0.00000256. The van der Waals surface area contributed by atoms with Gasteiger partial charge in [0.05, 0.1) is 5.57 Å². The molecule has 0 fully saturated rings. The van der Waals surface area contributed by atoms with Crippen molar-refractivity contribution in [2.24, 2.45) is 10.9 Å². The number of aliphatic hydroxyl groups excluding tert-OH is 1. The average Bonchev–Trinajstić information content (AvgIpc) is 2.23. The summed E-state index contributed by atoms with van der Waals surface area (Å²) < 4.78 is 1.83. The van der Waals surface area contributed by atoms with Crippen LogP contribution in [0.3, 0.4) is 0 Å². The van der Waals surface area contributed by atoms with Gasteiger partial charge in [-0.15, -0.1) is 0 Å². The zero-order valence-electron chi connectivity index (χ0n) is 10.1. The Hall–Kier alpha value is -1.14. The highest BCUT2D eigenvalue weighted by molar-refractivity contribution is 7.80. The first-order valence-electron chi connectivity index (χ1n) is 5.09. The molecule has 0 saturated heterocycles. The van der Waals surface area contributed by atoms with Crippen LogP contribution < -0.4 is 23.6 Å². The van der Waals surface area contributed by atoms with E-state index < -0.39 is 0 Å². The minimum Gasteiger partial charge on any atom is -1.00 e. The van der Waals surface area contributed by atoms with Crippen LogP contribution >= 0.6 is 12.2 Å². The normalized spacial score (nSPS) is 21.9. The maximum Gasteiger partial charge on any atom is 0.206 e. The van der Waals surface area contributed by atoms with Gasteiger partial charge in [-0.1, -0.05) is 12.2 Å². The Labute approximate surface area is 112 Å². The summed E-state index contributed by atoms with van der Waals surface area (Å²) in [6, 6.07) is -0.00694. The zero-order valence-corrected chi connectivity index (χ0v) is 11.6. The summed E-state index contributed by atoms with van der Waals surface area (Å²) in [5.74, 6) is 5.45. The molecule has 0 aliphatic carbocycles. The van der Waals surface area contributed by atoms with Crippen molar-refractivity contribution < 1.29 is 22.1 Å². The number of nitrogens with zero attached hydrogens (tertiary/aromatic N) is 2. The van der Waals surface area contributed by atoms with Gasteiger partial charge in [-0.25, -0.2) is 4.58 Å². The van der Waals surface area contributed by atoms with E-state index in [1.807, 2.05) is 25.5 Å². The minimum atomic E-state index is -0.00694. The standard InChI is InChI=1S/C10H16N4OS.ClH/c1-4-12-10(16)8-7(15)5-14(3)6(2)9(8)13-11;/h5-6,11H,4H2,1-3H3,(H2,12,15,16);1H. The molecular weight excluding hydrogens is 260 g/mol. The predicted octanol–water partition coefficient (Wildman–Crippen LogP) is -2.83. The van der Waals surface area contributed by atoms with E-state index >= 15 is 0 Å². The Kier molecular flexibility index (Phi) is 6.12. The van der Waals surface area contributed by atoms with Gasteiger partial charge in [-0.2, -0.15) is 5.10 Å². The average molecular weight is 277 g/mol. The number of likely N-dealkylation sites (N-methyl/N-ethyl adjacent to an activating group) is 1. The number of hydrogen-bond acceptors (Lipinski definition) is 4. The molecule has 4 N–H and O–H groups in total. The van der Waals surface area contributed by atoms with Crippen LogP contribution in [-0.2, 0) is 0 Å². The Bertz CT molecular complexity index is 403. The first-order chi connectivity index (χ1) is 7.52. The van der Waals surface area contributed by atoms with Gasteiger partial charge < -0.3 is 28.7 Å². The van der Waals surface area contributed by atoms with E-state index in [0.717, 1.165) is 0 Å². The topological polar surface area (TPSA) is 73.6 Å². The molecule has 17 heavy (non-hydrogen) atoms. The highest BCUT2D eigenvalue weighted by Gasteiger charge is 2.32. The summed E-state index contributed by atoms with van der Waals surface area (Å²) >= 11 is 5.18. The lowest BCUT2D eigenvalue weighted by molar-refractivity contribution is -0.511. The number of hydrogen-bond donors (Lipinski definition) is 3. The molecule has 0 bridgehead atoms. The highest BCUT2D eigenvalue weighted by atomic mass is 35.5. The van der Waals surface area contributed by atoms with Gasteiger partial charge in [0.15, 0.2) is 11.8 Å². The van der Waals surface area contributed by atoms with Crippen molar-refractivity contribution in [1.82, 2.24) is 5.32 Å². The molecule has 1 aliphatic heterocycles. The Morgan fingerprint density at radius 3 is 2.76 bits per heavy atom. The van der Waals surface area contributed by atoms with E-state index in [1.54, 1.807) is 6.21 Å². The molecule has 0 aromatic rings. The van der Waals surface area contributed by atoms with E-state index in [-0.39, 0.29) is 24.2 Å². The lowest BCUT2D eigenvalue weighted by atomic mass is 10.00. The molecule has 0 aromatic carbocycles. The van der Waals surface area contributed by atoms with Crippen molar-refractivity contribution >= 4 is 29.1 Å². The maximum atomic E-state index is 9.87. The van der Waals surface area contributed by atoms with Crippen LogP contribution in [0.2, 0.25) is 0 Å². The fourth-order valence-corrected chi connectivity index (χ4v) is 1.91. The van der Waals surface area contributed by atoms with Gasteiger partial charge in [0, 0.05) is 13.5 Å². The van der Waals surface area contributed by atoms with Crippen molar-refractivity contribution in [2.75, 3.05) is 13.6 Å². The van der Waals surface area contributed by atoms with Crippen LogP contribution in [0.4, 0.5) is 0 Å². The highest BCUT2D eigenvalue weighted by Crippen LogP contribution is 2.14. The molecule has 7 heteroatoms. The van der Waals surface area contributed by atoms with E-state index in [0.29, 0.717) is 22.8 Å². The fourth-order valence-electron chi connectivity index (χ4n) is 1.56. The summed E-state index contributed by atoms with van der Waals surface area (Å²) in [5.41, 5.74) is 1.11. The number of thiocarbonyl (C=S) groups is 1. The number of nitrogens with one attached hydrogen (secondary N) is 1. The first-order valence-corrected chi connectivity index (χ1v) is 5.50. The van der Waals surface area contributed by atoms with Crippen LogP contribution in [0, 0.1) is 0 Å². The quantitative estimate of drug-likeness (QED) is 0.220. The third-order valence-electron chi connectivity index (χ3n) is 2.55. The molecule has 5 nitrogen and oxygen atoms in total. The van der Waals surface area contributed by atoms with Gasteiger partial charge in [-0.05, 0) is 6.92 Å². The number of hydrazone groups is 1. The van der Waals surface area contributed by atoms with Crippen molar-refractivity contribution in [3.8, 4) is 0 Å². The van der Waals surface area contributed by atoms with Crippen LogP contribution in [0.15, 0.2) is 16.4 Å². The first kappa shape index (κ1) is 15.9. The lowest BCUT2D eigenvalue weighted by Gasteiger charge is -2.19. The minimum absolute atomic E-state index is 0. The smallest absolute Gasteiger partial charge is 0.206 e. The number of rotatable bonds is 2. The van der Waals surface area contributed by atoms with Crippen molar-refractivity contribution in [1.29, 1.82) is 0 Å². The van der Waals surface area contributed by atoms with Crippen LogP contribution in [0.25, 0.3) is 0 Å². The predicted molar refractivity (Wildman–Crippen MR) is 69.3 cm³/mol. The second-order valence-electron chi connectivity index (χ2n) is 3.60. The van der Waals surface area contributed by atoms with Gasteiger partial charge >= 0.3 is 0 Å².